The lowest BCUT2D eigenvalue weighted by Crippen LogP contribution is -2.47. The van der Waals surface area contributed by atoms with Crippen LogP contribution in [0.4, 0.5) is 5.69 Å². The van der Waals surface area contributed by atoms with E-state index >= 15 is 0 Å². The van der Waals surface area contributed by atoms with Gasteiger partial charge in [0.25, 0.3) is 5.91 Å². The van der Waals surface area contributed by atoms with Crippen molar-refractivity contribution in [3.63, 3.8) is 0 Å². The molecule has 0 aromatic heterocycles. The maximum atomic E-state index is 13.1. The summed E-state index contributed by atoms with van der Waals surface area (Å²) in [7, 11) is 0. The number of hydrogen-bond donors (Lipinski definition) is 0. The van der Waals surface area contributed by atoms with Gasteiger partial charge in [0.2, 0.25) is 6.10 Å². The fraction of sp³-hybridized carbons (Fsp3) is 0.300. The lowest BCUT2D eigenvalue weighted by molar-refractivity contribution is -0.136. The molecule has 2 aliphatic heterocycles. The summed E-state index contributed by atoms with van der Waals surface area (Å²) >= 11 is 1.61. The summed E-state index contributed by atoms with van der Waals surface area (Å²) in [4.78, 5) is 19.5. The van der Waals surface area contributed by atoms with Crippen molar-refractivity contribution in [2.75, 3.05) is 13.2 Å². The highest BCUT2D eigenvalue weighted by Crippen LogP contribution is 2.33. The van der Waals surface area contributed by atoms with Gasteiger partial charge < -0.3 is 9.47 Å². The molecule has 2 aliphatic rings. The molecule has 4 rings (SSSR count). The lowest BCUT2D eigenvalue weighted by atomic mass is 10.2. The van der Waals surface area contributed by atoms with E-state index in [2.05, 4.69) is 6.92 Å². The van der Waals surface area contributed by atoms with Crippen LogP contribution in [0.5, 0.6) is 11.5 Å². The number of aryl methyl sites for hydroxylation is 1. The maximum absolute atomic E-state index is 13.1. The maximum Gasteiger partial charge on any atom is 0.273 e. The quantitative estimate of drug-likeness (QED) is 0.809. The molecule has 2 aromatic carbocycles. The standard InChI is InChI=1S/C20H20N2O3S/c1-13-6-5-7-15(10-13)21-20-22(11-14(2)26-20)19(23)18-12-24-16-8-3-4-9-17(16)25-18/h3-10,14,18H,11-12H2,1-2H3/t14-,18-/m1/s1. The fourth-order valence-corrected chi connectivity index (χ4v) is 4.04. The number of amidine groups is 1. The second-order valence-electron chi connectivity index (χ2n) is 6.47. The number of aliphatic imine (C=N–C) groups is 1. The molecule has 5 nitrogen and oxygen atoms in total. The van der Waals surface area contributed by atoms with Gasteiger partial charge in [-0.2, -0.15) is 0 Å². The zero-order valence-corrected chi connectivity index (χ0v) is 15.5. The third-order valence-corrected chi connectivity index (χ3v) is 5.33. The van der Waals surface area contributed by atoms with Crippen LogP contribution in [0.25, 0.3) is 0 Å². The van der Waals surface area contributed by atoms with Gasteiger partial charge >= 0.3 is 0 Å². The average molecular weight is 368 g/mol. The Bertz CT molecular complexity index is 868. The molecular weight excluding hydrogens is 348 g/mol. The van der Waals surface area contributed by atoms with Crippen molar-refractivity contribution in [3.8, 4) is 11.5 Å². The first-order chi connectivity index (χ1) is 12.6. The minimum Gasteiger partial charge on any atom is -0.485 e. The van der Waals surface area contributed by atoms with E-state index in [1.165, 1.54) is 0 Å². The van der Waals surface area contributed by atoms with Crippen molar-refractivity contribution in [3.05, 3.63) is 54.1 Å². The van der Waals surface area contributed by atoms with E-state index in [1.807, 2.05) is 55.5 Å². The van der Waals surface area contributed by atoms with Crippen LogP contribution in [0.2, 0.25) is 0 Å². The average Bonchev–Trinajstić information content (AvgIpc) is 3.01. The van der Waals surface area contributed by atoms with Gasteiger partial charge in [0.1, 0.15) is 6.61 Å². The molecule has 1 saturated heterocycles. The summed E-state index contributed by atoms with van der Waals surface area (Å²) in [6.07, 6.45) is -0.654. The minimum atomic E-state index is -0.654. The SMILES string of the molecule is Cc1cccc(N=C2S[C@H](C)CN2C(=O)[C@H]2COc3ccccc3O2)c1. The van der Waals surface area contributed by atoms with E-state index in [-0.39, 0.29) is 12.5 Å². The van der Waals surface area contributed by atoms with E-state index < -0.39 is 6.10 Å². The molecule has 1 amide bonds. The van der Waals surface area contributed by atoms with Gasteiger partial charge in [-0.15, -0.1) is 0 Å². The molecule has 26 heavy (non-hydrogen) atoms. The number of thioether (sulfide) groups is 1. The number of benzene rings is 2. The number of para-hydroxylation sites is 2. The summed E-state index contributed by atoms with van der Waals surface area (Å²) in [5.41, 5.74) is 1.99. The highest BCUT2D eigenvalue weighted by Gasteiger charge is 2.37. The summed E-state index contributed by atoms with van der Waals surface area (Å²) in [6.45, 7) is 4.96. The Labute approximate surface area is 157 Å². The first-order valence-electron chi connectivity index (χ1n) is 8.62. The predicted molar refractivity (Wildman–Crippen MR) is 103 cm³/mol. The van der Waals surface area contributed by atoms with Crippen LogP contribution in [0, 0.1) is 6.92 Å². The molecule has 2 atom stereocenters. The Morgan fingerprint density at radius 3 is 2.81 bits per heavy atom. The number of carbonyl (C=O) groups is 1. The van der Waals surface area contributed by atoms with E-state index in [4.69, 9.17) is 14.5 Å². The van der Waals surface area contributed by atoms with Crippen molar-refractivity contribution >= 4 is 28.5 Å². The van der Waals surface area contributed by atoms with Crippen LogP contribution in [0.3, 0.4) is 0 Å². The molecule has 0 saturated carbocycles. The fourth-order valence-electron chi connectivity index (χ4n) is 3.01. The summed E-state index contributed by atoms with van der Waals surface area (Å²) in [5, 5.41) is 1.01. The Kier molecular flexibility index (Phi) is 4.59. The largest absolute Gasteiger partial charge is 0.485 e. The van der Waals surface area contributed by atoms with Gasteiger partial charge in [-0.1, -0.05) is 43.0 Å². The zero-order chi connectivity index (χ0) is 18.1. The second-order valence-corrected chi connectivity index (χ2v) is 7.88. The Balaban J connectivity index is 1.56. The Hall–Kier alpha value is -2.47. The molecule has 2 heterocycles. The number of hydrogen-bond acceptors (Lipinski definition) is 5. The van der Waals surface area contributed by atoms with Crippen molar-refractivity contribution in [1.29, 1.82) is 0 Å². The van der Waals surface area contributed by atoms with Gasteiger partial charge in [-0.25, -0.2) is 4.99 Å². The van der Waals surface area contributed by atoms with Crippen molar-refractivity contribution < 1.29 is 14.3 Å². The highest BCUT2D eigenvalue weighted by atomic mass is 32.2. The topological polar surface area (TPSA) is 51.1 Å². The van der Waals surface area contributed by atoms with E-state index in [0.29, 0.717) is 23.3 Å². The Morgan fingerprint density at radius 1 is 1.19 bits per heavy atom. The van der Waals surface area contributed by atoms with E-state index in [9.17, 15) is 4.79 Å². The molecule has 6 heteroatoms. The number of ether oxygens (including phenoxy) is 2. The second kappa shape index (κ2) is 7.03. The number of rotatable bonds is 2. The normalized spacial score (nSPS) is 23.3. The first kappa shape index (κ1) is 17.0. The molecule has 0 radical (unpaired) electrons. The van der Waals surface area contributed by atoms with Crippen LogP contribution in [0.15, 0.2) is 53.5 Å². The molecule has 0 N–H and O–H groups in total. The number of amides is 1. The molecule has 2 aromatic rings. The van der Waals surface area contributed by atoms with E-state index in [1.54, 1.807) is 16.7 Å². The summed E-state index contributed by atoms with van der Waals surface area (Å²) < 4.78 is 11.6. The van der Waals surface area contributed by atoms with Crippen molar-refractivity contribution in [2.24, 2.45) is 4.99 Å². The molecule has 0 unspecified atom stereocenters. The van der Waals surface area contributed by atoms with Crippen molar-refractivity contribution in [1.82, 2.24) is 4.90 Å². The van der Waals surface area contributed by atoms with Crippen LogP contribution in [-0.2, 0) is 4.79 Å². The third kappa shape index (κ3) is 3.42. The highest BCUT2D eigenvalue weighted by molar-refractivity contribution is 8.14. The van der Waals surface area contributed by atoms with Crippen LogP contribution >= 0.6 is 11.8 Å². The van der Waals surface area contributed by atoms with Crippen LogP contribution < -0.4 is 9.47 Å². The number of fused-ring (bicyclic) bond motifs is 1. The number of carbonyl (C=O) groups excluding carboxylic acids is 1. The summed E-state index contributed by atoms with van der Waals surface area (Å²) in [6, 6.07) is 15.4. The summed E-state index contributed by atoms with van der Waals surface area (Å²) in [5.74, 6) is 1.17. The Morgan fingerprint density at radius 2 is 2.00 bits per heavy atom. The van der Waals surface area contributed by atoms with Crippen LogP contribution in [0.1, 0.15) is 12.5 Å². The molecular formula is C20H20N2O3S. The third-order valence-electron chi connectivity index (χ3n) is 4.25. The molecule has 0 bridgehead atoms. The lowest BCUT2D eigenvalue weighted by Gasteiger charge is -2.28. The smallest absolute Gasteiger partial charge is 0.273 e. The molecule has 1 fully saturated rings. The monoisotopic (exact) mass is 368 g/mol. The van der Waals surface area contributed by atoms with Crippen LogP contribution in [-0.4, -0.2) is 40.5 Å². The van der Waals surface area contributed by atoms with Gasteiger partial charge in [0, 0.05) is 11.8 Å². The van der Waals surface area contributed by atoms with Gasteiger partial charge in [0.15, 0.2) is 16.7 Å². The van der Waals surface area contributed by atoms with Gasteiger partial charge in [-0.05, 0) is 36.8 Å². The van der Waals surface area contributed by atoms with E-state index in [0.717, 1.165) is 16.4 Å². The predicted octanol–water partition coefficient (Wildman–Crippen LogP) is 3.79. The first-order valence-corrected chi connectivity index (χ1v) is 9.50. The number of nitrogens with zero attached hydrogens (tertiary/aromatic N) is 2. The molecule has 0 aliphatic carbocycles. The minimum absolute atomic E-state index is 0.109. The van der Waals surface area contributed by atoms with Gasteiger partial charge in [0.05, 0.1) is 5.69 Å². The van der Waals surface area contributed by atoms with Crippen molar-refractivity contribution in [2.45, 2.75) is 25.2 Å². The molecule has 134 valence electrons. The zero-order valence-electron chi connectivity index (χ0n) is 14.7. The molecule has 0 spiro atoms. The van der Waals surface area contributed by atoms with Gasteiger partial charge in [-0.3, -0.25) is 9.69 Å².